The number of benzene rings is 1. The highest BCUT2D eigenvalue weighted by Crippen LogP contribution is 2.38. The fraction of sp³-hybridized carbons (Fsp3) is 0.526. The Balaban J connectivity index is 1.78. The van der Waals surface area contributed by atoms with Gasteiger partial charge in [-0.15, -0.1) is 0 Å². The van der Waals surface area contributed by atoms with Crippen molar-refractivity contribution in [3.63, 3.8) is 0 Å². The predicted molar refractivity (Wildman–Crippen MR) is 92.8 cm³/mol. The van der Waals surface area contributed by atoms with Crippen LogP contribution in [-0.4, -0.2) is 22.7 Å². The molecule has 3 rings (SSSR count). The number of ether oxygens (including phenoxy) is 1. The number of aromatic nitrogens is 2. The monoisotopic (exact) mass is 343 g/mol. The topological polar surface area (TPSA) is 77.2 Å². The van der Waals surface area contributed by atoms with E-state index in [1.807, 2.05) is 25.1 Å². The minimum absolute atomic E-state index is 0.245. The van der Waals surface area contributed by atoms with E-state index in [0.29, 0.717) is 25.5 Å². The van der Waals surface area contributed by atoms with Gasteiger partial charge in [0.25, 0.3) is 0 Å². The Kier molecular flexibility index (Phi) is 5.48. The smallest absolute Gasteiger partial charge is 0.331 e. The minimum atomic E-state index is -0.843. The maximum Gasteiger partial charge on any atom is 0.331 e. The molecule has 0 aliphatic heterocycles. The third kappa shape index (κ3) is 3.58. The number of hydrogen-bond acceptors (Lipinski definition) is 6. The molecule has 1 aromatic heterocycles. The summed E-state index contributed by atoms with van der Waals surface area (Å²) in [4.78, 5) is 17.2. The van der Waals surface area contributed by atoms with Gasteiger partial charge >= 0.3 is 5.97 Å². The molecular weight excluding hydrogens is 318 g/mol. The third-order valence-electron chi connectivity index (χ3n) is 4.68. The van der Waals surface area contributed by atoms with Crippen LogP contribution in [0.3, 0.4) is 0 Å². The fourth-order valence-corrected chi connectivity index (χ4v) is 3.36. The average molecular weight is 343 g/mol. The molecule has 1 aromatic carbocycles. The highest BCUT2D eigenvalue weighted by Gasteiger charge is 2.46. The Labute approximate surface area is 148 Å². The molecule has 0 fully saturated rings. The Morgan fingerprint density at radius 1 is 1.36 bits per heavy atom. The van der Waals surface area contributed by atoms with Crippen LogP contribution in [0.5, 0.6) is 0 Å². The summed E-state index contributed by atoms with van der Waals surface area (Å²) >= 11 is 0. The first-order valence-corrected chi connectivity index (χ1v) is 9.01. The summed E-state index contributed by atoms with van der Waals surface area (Å²) in [6.45, 7) is 4.64. The number of carbonyl (C=O) groups is 1. The molecule has 6 heteroatoms. The average Bonchev–Trinajstić information content (AvgIpc) is 3.24. The summed E-state index contributed by atoms with van der Waals surface area (Å²) in [6.07, 6.45) is 4.44. The highest BCUT2D eigenvalue weighted by molar-refractivity contribution is 5.84. The van der Waals surface area contributed by atoms with Gasteiger partial charge in [-0.05, 0) is 37.3 Å². The summed E-state index contributed by atoms with van der Waals surface area (Å²) in [5, 5.41) is 7.36. The van der Waals surface area contributed by atoms with E-state index in [4.69, 9.17) is 9.26 Å². The van der Waals surface area contributed by atoms with Crippen molar-refractivity contribution in [1.29, 1.82) is 0 Å². The zero-order valence-corrected chi connectivity index (χ0v) is 14.9. The number of nitrogens with zero attached hydrogens (tertiary/aromatic N) is 2. The molecule has 0 saturated heterocycles. The molecule has 0 amide bonds. The van der Waals surface area contributed by atoms with Gasteiger partial charge in [-0.2, -0.15) is 4.98 Å². The second-order valence-electron chi connectivity index (χ2n) is 6.34. The standard InChI is InChI=1S/C19H25N3O3/c1-3-5-10-16-21-17(25-22-16)13-20-19(18(23)24-4-2)12-11-14-8-6-7-9-15(14)19/h6-9,20H,3-5,10-13H2,1-2H3/t19-/m1/s1. The number of carbonyl (C=O) groups excluding carboxylic acids is 1. The van der Waals surface area contributed by atoms with Crippen LogP contribution in [0, 0.1) is 0 Å². The van der Waals surface area contributed by atoms with Crippen molar-refractivity contribution >= 4 is 5.97 Å². The largest absolute Gasteiger partial charge is 0.464 e. The number of esters is 1. The second kappa shape index (κ2) is 7.78. The highest BCUT2D eigenvalue weighted by atomic mass is 16.5. The normalized spacial score (nSPS) is 19.0. The van der Waals surface area contributed by atoms with Crippen molar-refractivity contribution in [2.75, 3.05) is 6.61 Å². The van der Waals surface area contributed by atoms with Crippen LogP contribution in [0.4, 0.5) is 0 Å². The number of unbranched alkanes of at least 4 members (excludes halogenated alkanes) is 1. The van der Waals surface area contributed by atoms with Gasteiger partial charge in [0.1, 0.15) is 5.54 Å². The maximum atomic E-state index is 12.7. The van der Waals surface area contributed by atoms with Crippen LogP contribution in [0.15, 0.2) is 28.8 Å². The Hall–Kier alpha value is -2.21. The first kappa shape index (κ1) is 17.6. The molecule has 1 heterocycles. The van der Waals surface area contributed by atoms with Crippen LogP contribution >= 0.6 is 0 Å². The fourth-order valence-electron chi connectivity index (χ4n) is 3.36. The molecule has 0 unspecified atom stereocenters. The summed E-state index contributed by atoms with van der Waals surface area (Å²) in [5.41, 5.74) is 1.32. The molecule has 0 saturated carbocycles. The number of fused-ring (bicyclic) bond motifs is 1. The predicted octanol–water partition coefficient (Wildman–Crippen LogP) is 2.91. The van der Waals surface area contributed by atoms with Gasteiger partial charge in [0.15, 0.2) is 5.82 Å². The van der Waals surface area contributed by atoms with Gasteiger partial charge in [0.2, 0.25) is 5.89 Å². The zero-order chi connectivity index (χ0) is 17.7. The van der Waals surface area contributed by atoms with E-state index in [0.717, 1.165) is 37.1 Å². The molecular formula is C19H25N3O3. The molecule has 25 heavy (non-hydrogen) atoms. The van der Waals surface area contributed by atoms with Crippen LogP contribution < -0.4 is 5.32 Å². The van der Waals surface area contributed by atoms with E-state index in [-0.39, 0.29) is 5.97 Å². The molecule has 2 aromatic rings. The lowest BCUT2D eigenvalue weighted by Crippen LogP contribution is -2.48. The van der Waals surface area contributed by atoms with Crippen LogP contribution in [0.2, 0.25) is 0 Å². The van der Waals surface area contributed by atoms with Crippen molar-refractivity contribution in [1.82, 2.24) is 15.5 Å². The first-order chi connectivity index (χ1) is 12.2. The summed E-state index contributed by atoms with van der Waals surface area (Å²) in [6, 6.07) is 8.01. The van der Waals surface area contributed by atoms with Gasteiger partial charge < -0.3 is 9.26 Å². The van der Waals surface area contributed by atoms with E-state index >= 15 is 0 Å². The SMILES string of the molecule is CCCCc1noc(CN[C@]2(C(=O)OCC)CCc3ccccc32)n1. The van der Waals surface area contributed by atoms with E-state index in [1.54, 1.807) is 0 Å². The molecule has 134 valence electrons. The molecule has 1 aliphatic rings. The molecule has 6 nitrogen and oxygen atoms in total. The summed E-state index contributed by atoms with van der Waals surface area (Å²) < 4.78 is 10.7. The number of hydrogen-bond donors (Lipinski definition) is 1. The Morgan fingerprint density at radius 3 is 3.00 bits per heavy atom. The van der Waals surface area contributed by atoms with Crippen molar-refractivity contribution in [3.8, 4) is 0 Å². The quantitative estimate of drug-likeness (QED) is 0.743. The molecule has 1 atom stereocenters. The summed E-state index contributed by atoms with van der Waals surface area (Å²) in [5.74, 6) is 0.973. The summed E-state index contributed by atoms with van der Waals surface area (Å²) in [7, 11) is 0. The number of aryl methyl sites for hydroxylation is 2. The Bertz CT molecular complexity index is 728. The molecule has 1 N–H and O–H groups in total. The van der Waals surface area contributed by atoms with E-state index < -0.39 is 5.54 Å². The zero-order valence-electron chi connectivity index (χ0n) is 14.9. The lowest BCUT2D eigenvalue weighted by molar-refractivity contribution is -0.152. The van der Waals surface area contributed by atoms with Crippen molar-refractivity contribution in [2.45, 2.75) is 58.0 Å². The van der Waals surface area contributed by atoms with E-state index in [9.17, 15) is 4.79 Å². The number of nitrogens with one attached hydrogen (secondary N) is 1. The van der Waals surface area contributed by atoms with Gasteiger partial charge in [-0.1, -0.05) is 42.8 Å². The number of rotatable bonds is 8. The van der Waals surface area contributed by atoms with Crippen molar-refractivity contribution < 1.29 is 14.1 Å². The molecule has 1 aliphatic carbocycles. The maximum absolute atomic E-state index is 12.7. The Morgan fingerprint density at radius 2 is 2.20 bits per heavy atom. The van der Waals surface area contributed by atoms with Gasteiger partial charge in [0, 0.05) is 6.42 Å². The molecule has 0 spiro atoms. The van der Waals surface area contributed by atoms with Crippen LogP contribution in [0.1, 0.15) is 56.0 Å². The van der Waals surface area contributed by atoms with Crippen LogP contribution in [0.25, 0.3) is 0 Å². The van der Waals surface area contributed by atoms with E-state index in [1.165, 1.54) is 5.56 Å². The lowest BCUT2D eigenvalue weighted by Gasteiger charge is -2.28. The van der Waals surface area contributed by atoms with Gasteiger partial charge in [-0.25, -0.2) is 4.79 Å². The molecule has 0 bridgehead atoms. The van der Waals surface area contributed by atoms with Gasteiger partial charge in [-0.3, -0.25) is 5.32 Å². The second-order valence-corrected chi connectivity index (χ2v) is 6.34. The van der Waals surface area contributed by atoms with Crippen molar-refractivity contribution in [3.05, 3.63) is 47.1 Å². The minimum Gasteiger partial charge on any atom is -0.464 e. The lowest BCUT2D eigenvalue weighted by atomic mass is 9.91. The molecule has 0 radical (unpaired) electrons. The third-order valence-corrected chi connectivity index (χ3v) is 4.68. The van der Waals surface area contributed by atoms with Gasteiger partial charge in [0.05, 0.1) is 13.2 Å². The van der Waals surface area contributed by atoms with Crippen molar-refractivity contribution in [2.24, 2.45) is 0 Å². The first-order valence-electron chi connectivity index (χ1n) is 9.01. The van der Waals surface area contributed by atoms with Crippen LogP contribution in [-0.2, 0) is 34.5 Å². The van der Waals surface area contributed by atoms with E-state index in [2.05, 4.69) is 28.4 Å².